The van der Waals surface area contributed by atoms with E-state index in [-0.39, 0.29) is 12.3 Å². The number of likely N-dealkylation sites (N-methyl/N-ethyl adjacent to an activating group) is 1. The summed E-state index contributed by atoms with van der Waals surface area (Å²) in [4.78, 5) is 28.0. The summed E-state index contributed by atoms with van der Waals surface area (Å²) < 4.78 is 0. The molecule has 2 N–H and O–H groups in total. The minimum absolute atomic E-state index is 0.0497. The van der Waals surface area contributed by atoms with E-state index in [0.29, 0.717) is 18.8 Å². The lowest BCUT2D eigenvalue weighted by molar-refractivity contribution is -0.145. The second-order valence-electron chi connectivity index (χ2n) is 6.51. The summed E-state index contributed by atoms with van der Waals surface area (Å²) in [5.41, 5.74) is 0.686. The van der Waals surface area contributed by atoms with Gasteiger partial charge in [0.05, 0.1) is 6.42 Å². The number of carboxylic acids is 1. The van der Waals surface area contributed by atoms with Crippen LogP contribution in [0.3, 0.4) is 0 Å². The highest BCUT2D eigenvalue weighted by atomic mass is 16.4. The van der Waals surface area contributed by atoms with Crippen molar-refractivity contribution in [1.82, 2.24) is 9.80 Å². The average Bonchev–Trinajstić information content (AvgIpc) is 2.60. The van der Waals surface area contributed by atoms with Crippen LogP contribution in [0.2, 0.25) is 0 Å². The maximum atomic E-state index is 12.4. The van der Waals surface area contributed by atoms with Crippen molar-refractivity contribution in [3.63, 3.8) is 0 Å². The van der Waals surface area contributed by atoms with Gasteiger partial charge >= 0.3 is 5.97 Å². The largest absolute Gasteiger partial charge is 0.480 e. The van der Waals surface area contributed by atoms with Crippen LogP contribution in [0.25, 0.3) is 10.8 Å². The van der Waals surface area contributed by atoms with E-state index in [1.54, 1.807) is 0 Å². The zero-order valence-corrected chi connectivity index (χ0v) is 14.3. The molecule has 0 aromatic heterocycles. The Balaban J connectivity index is 1.65. The molecule has 0 bridgehead atoms. The normalized spacial score (nSPS) is 17.3. The number of nitrogens with one attached hydrogen (secondary N) is 1. The number of amides is 1. The van der Waals surface area contributed by atoms with Gasteiger partial charge < -0.3 is 15.3 Å². The Bertz CT molecular complexity index is 769. The molecule has 1 amide bonds. The number of fused-ring (bicyclic) bond motifs is 1. The lowest BCUT2D eigenvalue weighted by atomic mass is 10.1. The Morgan fingerprint density at radius 1 is 1.08 bits per heavy atom. The van der Waals surface area contributed by atoms with Crippen molar-refractivity contribution < 1.29 is 14.7 Å². The third-order valence-electron chi connectivity index (χ3n) is 4.68. The predicted molar refractivity (Wildman–Crippen MR) is 97.7 cm³/mol. The zero-order chi connectivity index (χ0) is 17.8. The maximum Gasteiger partial charge on any atom is 0.321 e. The fourth-order valence-corrected chi connectivity index (χ4v) is 3.16. The monoisotopic (exact) mass is 341 g/mol. The quantitative estimate of drug-likeness (QED) is 0.869. The molecule has 6 nitrogen and oxygen atoms in total. The molecule has 0 spiro atoms. The number of benzene rings is 2. The summed E-state index contributed by atoms with van der Waals surface area (Å²) >= 11 is 0. The van der Waals surface area contributed by atoms with Crippen molar-refractivity contribution in [1.29, 1.82) is 0 Å². The molecule has 6 heteroatoms. The molecule has 2 aromatic carbocycles. The van der Waals surface area contributed by atoms with Crippen molar-refractivity contribution in [2.24, 2.45) is 0 Å². The summed E-state index contributed by atoms with van der Waals surface area (Å²) in [6.45, 7) is 2.96. The summed E-state index contributed by atoms with van der Waals surface area (Å²) in [6.07, 6.45) is -0.0497. The van der Waals surface area contributed by atoms with E-state index >= 15 is 0 Å². The van der Waals surface area contributed by atoms with Crippen LogP contribution in [0.4, 0.5) is 5.69 Å². The van der Waals surface area contributed by atoms with Gasteiger partial charge in [-0.25, -0.2) is 0 Å². The number of hydrogen-bond acceptors (Lipinski definition) is 4. The van der Waals surface area contributed by atoms with Crippen LogP contribution in [-0.2, 0) is 9.59 Å². The van der Waals surface area contributed by atoms with Crippen molar-refractivity contribution in [3.05, 3.63) is 42.5 Å². The van der Waals surface area contributed by atoms with Gasteiger partial charge in [-0.3, -0.25) is 14.5 Å². The van der Waals surface area contributed by atoms with Crippen LogP contribution < -0.4 is 5.32 Å². The number of nitrogens with zero attached hydrogens (tertiary/aromatic N) is 2. The predicted octanol–water partition coefficient (Wildman–Crippen LogP) is 1.87. The summed E-state index contributed by atoms with van der Waals surface area (Å²) in [6, 6.07) is 12.8. The topological polar surface area (TPSA) is 72.9 Å². The Kier molecular flexibility index (Phi) is 5.31. The Morgan fingerprint density at radius 3 is 2.44 bits per heavy atom. The summed E-state index contributed by atoms with van der Waals surface area (Å²) in [5.74, 6) is -1.22. The minimum atomic E-state index is -0.946. The van der Waals surface area contributed by atoms with Gasteiger partial charge in [-0.15, -0.1) is 0 Å². The Morgan fingerprint density at radius 2 is 1.76 bits per heavy atom. The van der Waals surface area contributed by atoms with Gasteiger partial charge in [0, 0.05) is 31.9 Å². The molecule has 3 rings (SSSR count). The van der Waals surface area contributed by atoms with Gasteiger partial charge in [-0.2, -0.15) is 0 Å². The van der Waals surface area contributed by atoms with Gasteiger partial charge in [0.15, 0.2) is 0 Å². The zero-order valence-electron chi connectivity index (χ0n) is 14.3. The van der Waals surface area contributed by atoms with Crippen molar-refractivity contribution in [3.8, 4) is 0 Å². The van der Waals surface area contributed by atoms with E-state index in [2.05, 4.69) is 10.2 Å². The first-order chi connectivity index (χ1) is 12.0. The van der Waals surface area contributed by atoms with Gasteiger partial charge in [0.2, 0.25) is 5.91 Å². The minimum Gasteiger partial charge on any atom is -0.480 e. The number of carbonyl (C=O) groups excluding carboxylic acids is 1. The van der Waals surface area contributed by atoms with E-state index in [9.17, 15) is 14.7 Å². The van der Waals surface area contributed by atoms with Crippen LogP contribution in [0.1, 0.15) is 6.42 Å². The standard InChI is InChI=1S/C19H23N3O3/c1-21-8-10-22(11-9-21)17(19(24)25)13-18(23)20-16-7-6-14-4-2-3-5-15(14)12-16/h2-7,12,17H,8-11,13H2,1H3,(H,20,23)(H,24,25)/t17-/m1/s1. The number of carbonyl (C=O) groups is 2. The van der Waals surface area contributed by atoms with Crippen molar-refractivity contribution in [2.45, 2.75) is 12.5 Å². The van der Waals surface area contributed by atoms with Gasteiger partial charge in [-0.05, 0) is 30.0 Å². The number of rotatable bonds is 5. The lowest BCUT2D eigenvalue weighted by Gasteiger charge is -2.35. The number of anilines is 1. The van der Waals surface area contributed by atoms with Crippen molar-refractivity contribution in [2.75, 3.05) is 38.5 Å². The number of carboxylic acid groups (broad SMARTS) is 1. The first kappa shape index (κ1) is 17.4. The van der Waals surface area contributed by atoms with E-state index < -0.39 is 12.0 Å². The highest BCUT2D eigenvalue weighted by molar-refractivity contribution is 5.96. The third kappa shape index (κ3) is 4.35. The molecule has 1 heterocycles. The summed E-state index contributed by atoms with van der Waals surface area (Å²) in [7, 11) is 2.01. The molecule has 0 radical (unpaired) electrons. The van der Waals surface area contributed by atoms with Gasteiger partial charge in [-0.1, -0.05) is 30.3 Å². The maximum absolute atomic E-state index is 12.4. The SMILES string of the molecule is CN1CCN([C@H](CC(=O)Nc2ccc3ccccc3c2)C(=O)O)CC1. The molecule has 25 heavy (non-hydrogen) atoms. The molecule has 1 fully saturated rings. The van der Waals surface area contributed by atoms with Gasteiger partial charge in [0.1, 0.15) is 6.04 Å². The highest BCUT2D eigenvalue weighted by Gasteiger charge is 2.30. The van der Waals surface area contributed by atoms with Crippen LogP contribution >= 0.6 is 0 Å². The van der Waals surface area contributed by atoms with Crippen molar-refractivity contribution >= 4 is 28.3 Å². The second-order valence-corrected chi connectivity index (χ2v) is 6.51. The first-order valence-electron chi connectivity index (χ1n) is 8.47. The van der Waals surface area contributed by atoms with Crippen LogP contribution in [0, 0.1) is 0 Å². The molecular formula is C19H23N3O3. The van der Waals surface area contributed by atoms with Gasteiger partial charge in [0.25, 0.3) is 0 Å². The molecule has 1 atom stereocenters. The number of aliphatic carboxylic acids is 1. The third-order valence-corrected chi connectivity index (χ3v) is 4.68. The summed E-state index contributed by atoms with van der Waals surface area (Å²) in [5, 5.41) is 14.5. The van der Waals surface area contributed by atoms with E-state index in [0.717, 1.165) is 23.9 Å². The molecule has 2 aromatic rings. The molecular weight excluding hydrogens is 318 g/mol. The number of piperazine rings is 1. The molecule has 1 aliphatic rings. The molecule has 0 aliphatic carbocycles. The fraction of sp³-hybridized carbons (Fsp3) is 0.368. The lowest BCUT2D eigenvalue weighted by Crippen LogP contribution is -2.52. The Labute approximate surface area is 147 Å². The molecule has 132 valence electrons. The molecule has 1 aliphatic heterocycles. The smallest absolute Gasteiger partial charge is 0.321 e. The van der Waals surface area contributed by atoms with Crippen LogP contribution in [0.15, 0.2) is 42.5 Å². The second kappa shape index (κ2) is 7.63. The first-order valence-corrected chi connectivity index (χ1v) is 8.47. The molecule has 0 unspecified atom stereocenters. The molecule has 0 saturated carbocycles. The van der Waals surface area contributed by atoms with E-state index in [1.807, 2.05) is 54.4 Å². The Hall–Kier alpha value is -2.44. The molecule has 1 saturated heterocycles. The highest BCUT2D eigenvalue weighted by Crippen LogP contribution is 2.19. The average molecular weight is 341 g/mol. The van der Waals surface area contributed by atoms with E-state index in [4.69, 9.17) is 0 Å². The number of hydrogen-bond donors (Lipinski definition) is 2. The van der Waals surface area contributed by atoms with Crippen LogP contribution in [0.5, 0.6) is 0 Å². The van der Waals surface area contributed by atoms with E-state index in [1.165, 1.54) is 0 Å². The fourth-order valence-electron chi connectivity index (χ4n) is 3.16. The van der Waals surface area contributed by atoms with Crippen LogP contribution in [-0.4, -0.2) is 66.1 Å².